The van der Waals surface area contributed by atoms with Crippen LogP contribution < -0.4 is 10.6 Å². The Hall–Kier alpha value is -4.77. The summed E-state index contributed by atoms with van der Waals surface area (Å²) < 4.78 is 5.17. The number of aryl methyl sites for hydroxylation is 1. The van der Waals surface area contributed by atoms with Gasteiger partial charge in [-0.15, -0.1) is 0 Å². The lowest BCUT2D eigenvalue weighted by atomic mass is 10.1. The van der Waals surface area contributed by atoms with Gasteiger partial charge in [-0.25, -0.2) is 0 Å². The molecule has 0 saturated carbocycles. The fraction of sp³-hybridized carbons (Fsp3) is 0.382. The fourth-order valence-electron chi connectivity index (χ4n) is 5.79. The quantitative estimate of drug-likeness (QED) is 0.333. The Kier molecular flexibility index (Phi) is 10.1. The smallest absolute Gasteiger partial charge is 0.247 e. The normalized spacial score (nSPS) is 18.1. The number of aromatic nitrogens is 1. The molecule has 2 saturated heterocycles. The molecule has 3 aromatic rings. The summed E-state index contributed by atoms with van der Waals surface area (Å²) in [5.74, 6) is -0.0478. The first-order valence-corrected chi connectivity index (χ1v) is 15.3. The van der Waals surface area contributed by atoms with E-state index in [1.165, 1.54) is 0 Å². The number of anilines is 2. The Morgan fingerprint density at radius 3 is 1.76 bits per heavy atom. The predicted molar refractivity (Wildman–Crippen MR) is 172 cm³/mol. The molecule has 4 amide bonds. The number of hydrogen-bond donors (Lipinski definition) is 2. The first kappa shape index (κ1) is 31.6. The maximum absolute atomic E-state index is 13.0. The van der Waals surface area contributed by atoms with Crippen LogP contribution in [-0.2, 0) is 25.6 Å². The minimum atomic E-state index is -0.517. The van der Waals surface area contributed by atoms with Crippen LogP contribution in [0.15, 0.2) is 59.1 Å². The van der Waals surface area contributed by atoms with Gasteiger partial charge in [0.25, 0.3) is 0 Å². The standard InChI is InChI=1S/C34H40N6O5/c1-23-20-28(45-37-23)21-31(41)39-18-4-6-29(39)33(43)35-26-14-10-24(11-15-26)8-9-25-12-16-27(17-13-25)36-34(44)30-7-5-19-40(30)32(42)22-38(2)3/h8-17,20,29-30H,4-7,18-19,21-22H2,1-3H3,(H,35,43)(H,36,44)/b9-8+/t29?,30-/m0/s1. The van der Waals surface area contributed by atoms with Crippen molar-refractivity contribution in [2.45, 2.75) is 51.1 Å². The number of carbonyl (C=O) groups is 4. The third-order valence-electron chi connectivity index (χ3n) is 8.03. The van der Waals surface area contributed by atoms with Crippen molar-refractivity contribution in [3.8, 4) is 0 Å². The minimum Gasteiger partial charge on any atom is -0.361 e. The largest absolute Gasteiger partial charge is 0.361 e. The second-order valence-corrected chi connectivity index (χ2v) is 11.9. The Morgan fingerprint density at radius 2 is 1.31 bits per heavy atom. The molecule has 2 aromatic carbocycles. The van der Waals surface area contributed by atoms with E-state index in [0.29, 0.717) is 48.8 Å². The van der Waals surface area contributed by atoms with Gasteiger partial charge in [-0.1, -0.05) is 41.6 Å². The highest BCUT2D eigenvalue weighted by Crippen LogP contribution is 2.23. The molecule has 1 aromatic heterocycles. The van der Waals surface area contributed by atoms with Crippen molar-refractivity contribution in [3.63, 3.8) is 0 Å². The molecular formula is C34H40N6O5. The summed E-state index contributed by atoms with van der Waals surface area (Å²) in [6.07, 6.45) is 6.89. The van der Waals surface area contributed by atoms with E-state index in [1.54, 1.807) is 22.8 Å². The van der Waals surface area contributed by atoms with Crippen LogP contribution in [-0.4, -0.2) is 89.3 Å². The molecule has 2 fully saturated rings. The molecule has 2 aliphatic heterocycles. The third kappa shape index (κ3) is 8.24. The Morgan fingerprint density at radius 1 is 0.822 bits per heavy atom. The molecule has 11 nitrogen and oxygen atoms in total. The Labute approximate surface area is 263 Å². The van der Waals surface area contributed by atoms with E-state index < -0.39 is 12.1 Å². The molecule has 0 bridgehead atoms. The topological polar surface area (TPSA) is 128 Å². The third-order valence-corrected chi connectivity index (χ3v) is 8.03. The van der Waals surface area contributed by atoms with Crippen LogP contribution in [0.3, 0.4) is 0 Å². The van der Waals surface area contributed by atoms with Gasteiger partial charge in [-0.3, -0.25) is 19.2 Å². The van der Waals surface area contributed by atoms with Gasteiger partial charge in [-0.2, -0.15) is 0 Å². The fourth-order valence-corrected chi connectivity index (χ4v) is 5.79. The molecule has 2 aliphatic rings. The van der Waals surface area contributed by atoms with Gasteiger partial charge in [0.2, 0.25) is 23.6 Å². The predicted octanol–water partition coefficient (Wildman–Crippen LogP) is 3.82. The Balaban J connectivity index is 1.11. The maximum atomic E-state index is 13.0. The number of amides is 4. The highest BCUT2D eigenvalue weighted by molar-refractivity contribution is 5.98. The van der Waals surface area contributed by atoms with Crippen LogP contribution in [0.1, 0.15) is 48.3 Å². The van der Waals surface area contributed by atoms with E-state index in [0.717, 1.165) is 24.0 Å². The molecule has 45 heavy (non-hydrogen) atoms. The summed E-state index contributed by atoms with van der Waals surface area (Å²) in [5, 5.41) is 9.72. The zero-order valence-corrected chi connectivity index (χ0v) is 26.0. The number of nitrogens with one attached hydrogen (secondary N) is 2. The van der Waals surface area contributed by atoms with Crippen molar-refractivity contribution >= 4 is 47.2 Å². The number of carbonyl (C=O) groups excluding carboxylic acids is 4. The van der Waals surface area contributed by atoms with E-state index in [9.17, 15) is 19.2 Å². The molecule has 0 radical (unpaired) electrons. The van der Waals surface area contributed by atoms with Gasteiger partial charge < -0.3 is 29.9 Å². The highest BCUT2D eigenvalue weighted by atomic mass is 16.5. The minimum absolute atomic E-state index is 0.0317. The van der Waals surface area contributed by atoms with Crippen LogP contribution in [0, 0.1) is 6.92 Å². The lowest BCUT2D eigenvalue weighted by Gasteiger charge is -2.25. The zero-order chi connectivity index (χ0) is 31.9. The van der Waals surface area contributed by atoms with Gasteiger partial charge in [0.1, 0.15) is 17.8 Å². The van der Waals surface area contributed by atoms with Gasteiger partial charge in [0, 0.05) is 30.5 Å². The van der Waals surface area contributed by atoms with Crippen molar-refractivity contribution in [2.75, 3.05) is 44.4 Å². The average molecular weight is 613 g/mol. The summed E-state index contributed by atoms with van der Waals surface area (Å²) in [4.78, 5) is 56.4. The lowest BCUT2D eigenvalue weighted by Crippen LogP contribution is -2.46. The van der Waals surface area contributed by atoms with Crippen molar-refractivity contribution in [2.24, 2.45) is 0 Å². The maximum Gasteiger partial charge on any atom is 0.247 e. The van der Waals surface area contributed by atoms with Crippen LogP contribution in [0.2, 0.25) is 0 Å². The number of likely N-dealkylation sites (tertiary alicyclic amines) is 2. The zero-order valence-electron chi connectivity index (χ0n) is 26.0. The van der Waals surface area contributed by atoms with E-state index >= 15 is 0 Å². The van der Waals surface area contributed by atoms with Crippen molar-refractivity contribution in [3.05, 3.63) is 77.2 Å². The molecule has 236 valence electrons. The van der Waals surface area contributed by atoms with Crippen LogP contribution >= 0.6 is 0 Å². The van der Waals surface area contributed by atoms with E-state index in [-0.39, 0.29) is 36.6 Å². The second kappa shape index (κ2) is 14.3. The molecule has 0 spiro atoms. The van der Waals surface area contributed by atoms with Crippen molar-refractivity contribution in [1.82, 2.24) is 19.9 Å². The first-order chi connectivity index (χ1) is 21.7. The number of nitrogens with zero attached hydrogens (tertiary/aromatic N) is 4. The number of hydrogen-bond acceptors (Lipinski definition) is 7. The number of benzene rings is 2. The Bertz CT molecular complexity index is 1550. The molecule has 3 heterocycles. The highest BCUT2D eigenvalue weighted by Gasteiger charge is 2.35. The van der Waals surface area contributed by atoms with Crippen LogP contribution in [0.25, 0.3) is 12.2 Å². The van der Waals surface area contributed by atoms with Crippen molar-refractivity contribution in [1.29, 1.82) is 0 Å². The van der Waals surface area contributed by atoms with Gasteiger partial charge in [0.05, 0.1) is 18.7 Å². The van der Waals surface area contributed by atoms with E-state index in [4.69, 9.17) is 4.52 Å². The summed E-state index contributed by atoms with van der Waals surface area (Å²) >= 11 is 0. The summed E-state index contributed by atoms with van der Waals surface area (Å²) in [6.45, 7) is 3.23. The van der Waals surface area contributed by atoms with E-state index in [1.807, 2.05) is 79.7 Å². The van der Waals surface area contributed by atoms with Gasteiger partial charge in [0.15, 0.2) is 0 Å². The lowest BCUT2D eigenvalue weighted by molar-refractivity contribution is -0.137. The summed E-state index contributed by atoms with van der Waals surface area (Å²) in [5.41, 5.74) is 3.97. The van der Waals surface area contributed by atoms with Gasteiger partial charge >= 0.3 is 0 Å². The number of likely N-dealkylation sites (N-methyl/N-ethyl adjacent to an activating group) is 1. The van der Waals surface area contributed by atoms with Gasteiger partial charge in [-0.05, 0) is 82.1 Å². The second-order valence-electron chi connectivity index (χ2n) is 11.9. The molecule has 0 aliphatic carbocycles. The monoisotopic (exact) mass is 612 g/mol. The molecule has 5 rings (SSSR count). The molecular weight excluding hydrogens is 572 g/mol. The summed E-state index contributed by atoms with van der Waals surface area (Å²) in [6, 6.07) is 15.8. The van der Waals surface area contributed by atoms with Crippen LogP contribution in [0.5, 0.6) is 0 Å². The molecule has 11 heteroatoms. The molecule has 1 unspecified atom stereocenters. The summed E-state index contributed by atoms with van der Waals surface area (Å²) in [7, 11) is 3.68. The van der Waals surface area contributed by atoms with Crippen LogP contribution in [0.4, 0.5) is 11.4 Å². The SMILES string of the molecule is Cc1cc(CC(=O)N2CCCC2C(=O)Nc2ccc(/C=C/c3ccc(NC(=O)[C@@H]4CCCN4C(=O)CN(C)C)cc3)cc2)on1. The van der Waals surface area contributed by atoms with Crippen molar-refractivity contribution < 1.29 is 23.7 Å². The first-order valence-electron chi connectivity index (χ1n) is 15.3. The number of rotatable bonds is 10. The molecule has 2 atom stereocenters. The average Bonchev–Trinajstić information content (AvgIpc) is 3.78. The van der Waals surface area contributed by atoms with E-state index in [2.05, 4.69) is 15.8 Å². The molecule has 2 N–H and O–H groups in total.